The highest BCUT2D eigenvalue weighted by Crippen LogP contribution is 2.65. The number of aromatic hydroxyl groups is 1. The lowest BCUT2D eigenvalue weighted by Crippen LogP contribution is -2.74. The monoisotopic (exact) mass is 622 g/mol. The van der Waals surface area contributed by atoms with Crippen molar-refractivity contribution >= 4 is 23.8 Å². The van der Waals surface area contributed by atoms with E-state index in [4.69, 9.17) is 24.4 Å². The Morgan fingerprint density at radius 1 is 1.18 bits per heavy atom. The zero-order valence-corrected chi connectivity index (χ0v) is 23.7. The third kappa shape index (κ3) is 4.87. The molecule has 1 spiro atoms. The Morgan fingerprint density at radius 2 is 1.89 bits per heavy atom. The molecule has 1 saturated heterocycles. The van der Waals surface area contributed by atoms with Gasteiger partial charge in [-0.3, -0.25) is 9.59 Å². The van der Waals surface area contributed by atoms with Gasteiger partial charge in [-0.05, 0) is 51.1 Å². The van der Waals surface area contributed by atoms with Crippen molar-refractivity contribution in [2.75, 3.05) is 13.6 Å². The van der Waals surface area contributed by atoms with E-state index < -0.39 is 78.0 Å². The maximum Gasteiger partial charge on any atom is 0.343 e. The number of likely N-dealkylation sites (tertiary alicyclic amines) is 1. The molecule has 2 unspecified atom stereocenters. The number of carboxylic acid groups (broad SMARTS) is 2. The summed E-state index contributed by atoms with van der Waals surface area (Å²) in [7, 11) is 1.90. The summed E-state index contributed by atoms with van der Waals surface area (Å²) in [5.74, 6) is -5.74. The molecule has 0 saturated carbocycles. The number of aliphatic carboxylic acids is 2. The van der Waals surface area contributed by atoms with Gasteiger partial charge in [-0.1, -0.05) is 6.07 Å². The van der Waals surface area contributed by atoms with Crippen LogP contribution in [0.15, 0.2) is 24.0 Å². The number of aliphatic hydroxyl groups excluding tert-OH is 3. The number of hydrogen-bond acceptors (Lipinski definition) is 13. The van der Waals surface area contributed by atoms with Crippen molar-refractivity contribution in [3.63, 3.8) is 0 Å². The standard InChI is InChI=1S/C28H34N2O14/c1-11(23(36)29-13(24(37)38)10-17(32)33)42-25(39)19(34)20(35)26(40)43-15-5-6-28(41)16-9-12-3-4-14(31)21-18(12)27(28,22(15)44-21)7-8-30(16)2/h3-5,11,13,16,19-20,22,25,31,34-35,39,41H,6-10H2,1-2H3,(H,29,36)(H,32,33)(H,37,38)/t11-,13+,16+,19+,20+,22-,25?,27?,28+/m0/s1. The highest BCUT2D eigenvalue weighted by Gasteiger charge is 2.72. The van der Waals surface area contributed by atoms with Gasteiger partial charge in [0.25, 0.3) is 0 Å². The lowest BCUT2D eigenvalue weighted by molar-refractivity contribution is -0.214. The van der Waals surface area contributed by atoms with E-state index in [-0.39, 0.29) is 29.7 Å². The second-order valence-corrected chi connectivity index (χ2v) is 11.6. The van der Waals surface area contributed by atoms with Gasteiger partial charge in [0, 0.05) is 18.0 Å². The lowest BCUT2D eigenvalue weighted by Gasteiger charge is -2.61. The SMILES string of the molecule is C[C@H](OC(O)[C@H](O)[C@@H](O)C(=O)OC1=CC[C@@]2(O)[C@H]3Cc4ccc(O)c5c4C2(CCN3C)[C@H]1O5)C(=O)N[C@H](CC(=O)O)C(=O)O. The van der Waals surface area contributed by atoms with Crippen LogP contribution in [0.2, 0.25) is 0 Å². The Balaban J connectivity index is 1.29. The minimum Gasteiger partial charge on any atom is -0.504 e. The number of carboxylic acids is 2. The summed E-state index contributed by atoms with van der Waals surface area (Å²) in [5.41, 5.74) is -0.906. The molecule has 4 aliphatic rings. The number of rotatable bonds is 11. The molecule has 44 heavy (non-hydrogen) atoms. The van der Waals surface area contributed by atoms with Crippen molar-refractivity contribution in [1.29, 1.82) is 0 Å². The number of esters is 1. The number of hydrogen-bond donors (Lipinski definition) is 8. The Kier molecular flexibility index (Phi) is 8.11. The number of phenolic OH excluding ortho intramolecular Hbond substituents is 1. The first-order chi connectivity index (χ1) is 20.6. The smallest absolute Gasteiger partial charge is 0.343 e. The van der Waals surface area contributed by atoms with Gasteiger partial charge in [-0.2, -0.15) is 0 Å². The fraction of sp³-hybridized carbons (Fsp3) is 0.571. The van der Waals surface area contributed by atoms with E-state index in [0.717, 1.165) is 12.5 Å². The van der Waals surface area contributed by atoms with E-state index in [9.17, 15) is 44.7 Å². The van der Waals surface area contributed by atoms with Crippen LogP contribution < -0.4 is 10.1 Å². The van der Waals surface area contributed by atoms with Crippen LogP contribution in [-0.2, 0) is 40.5 Å². The van der Waals surface area contributed by atoms with Gasteiger partial charge >= 0.3 is 17.9 Å². The molecule has 2 bridgehead atoms. The number of carbonyl (C=O) groups excluding carboxylic acids is 2. The first-order valence-electron chi connectivity index (χ1n) is 13.9. The molecule has 1 fully saturated rings. The number of likely N-dealkylation sites (N-methyl/N-ethyl adjacent to an activating group) is 1. The molecule has 5 rings (SSSR count). The molecule has 2 heterocycles. The average Bonchev–Trinajstić information content (AvgIpc) is 3.32. The number of nitrogens with zero attached hydrogens (tertiary/aromatic N) is 1. The van der Waals surface area contributed by atoms with Gasteiger partial charge in [0.15, 0.2) is 30.0 Å². The molecular formula is C28H34N2O14. The maximum absolute atomic E-state index is 13.0. The zero-order chi connectivity index (χ0) is 32.3. The number of aliphatic hydroxyl groups is 4. The normalized spacial score (nSPS) is 30.0. The molecule has 9 atom stereocenters. The van der Waals surface area contributed by atoms with E-state index in [0.29, 0.717) is 24.9 Å². The highest BCUT2D eigenvalue weighted by atomic mass is 16.6. The zero-order valence-electron chi connectivity index (χ0n) is 23.7. The van der Waals surface area contributed by atoms with Gasteiger partial charge in [0.2, 0.25) is 5.91 Å². The predicted molar refractivity (Wildman–Crippen MR) is 143 cm³/mol. The largest absolute Gasteiger partial charge is 0.504 e. The lowest BCUT2D eigenvalue weighted by atomic mass is 9.50. The van der Waals surface area contributed by atoms with E-state index in [2.05, 4.69) is 4.90 Å². The third-order valence-electron chi connectivity index (χ3n) is 9.14. The average molecular weight is 623 g/mol. The summed E-state index contributed by atoms with van der Waals surface area (Å²) in [4.78, 5) is 49.3. The quantitative estimate of drug-likeness (QED) is 0.0954. The summed E-state index contributed by atoms with van der Waals surface area (Å²) in [6.45, 7) is 1.63. The molecule has 1 aromatic carbocycles. The highest BCUT2D eigenvalue weighted by molar-refractivity contribution is 5.88. The summed E-state index contributed by atoms with van der Waals surface area (Å²) in [6.07, 6.45) is -8.33. The molecule has 16 heteroatoms. The minimum absolute atomic E-state index is 0.0508. The van der Waals surface area contributed by atoms with Crippen molar-refractivity contribution in [3.8, 4) is 11.5 Å². The van der Waals surface area contributed by atoms with Crippen LogP contribution in [0, 0.1) is 0 Å². The molecule has 0 aromatic heterocycles. The topological polar surface area (TPSA) is 253 Å². The van der Waals surface area contributed by atoms with Gasteiger partial charge < -0.3 is 60.2 Å². The van der Waals surface area contributed by atoms with Crippen LogP contribution in [0.25, 0.3) is 0 Å². The Labute approximate surface area is 250 Å². The fourth-order valence-electron chi connectivity index (χ4n) is 6.92. The molecule has 2 aliphatic heterocycles. The number of benzene rings is 1. The number of carbonyl (C=O) groups is 4. The Hall–Kier alpha value is -3.80. The first kappa shape index (κ1) is 31.6. The molecule has 1 aromatic rings. The van der Waals surface area contributed by atoms with E-state index in [1.54, 1.807) is 6.07 Å². The second-order valence-electron chi connectivity index (χ2n) is 11.6. The van der Waals surface area contributed by atoms with E-state index >= 15 is 0 Å². The van der Waals surface area contributed by atoms with Gasteiger partial charge in [0.05, 0.1) is 17.4 Å². The van der Waals surface area contributed by atoms with Crippen molar-refractivity contribution in [3.05, 3.63) is 35.1 Å². The van der Waals surface area contributed by atoms with Crippen LogP contribution in [0.1, 0.15) is 37.3 Å². The van der Waals surface area contributed by atoms with E-state index in [1.807, 2.05) is 12.4 Å². The molecule has 16 nitrogen and oxygen atoms in total. The predicted octanol–water partition coefficient (Wildman–Crippen LogP) is -2.30. The van der Waals surface area contributed by atoms with Crippen LogP contribution in [0.4, 0.5) is 0 Å². The number of phenols is 1. The summed E-state index contributed by atoms with van der Waals surface area (Å²) >= 11 is 0. The summed E-state index contributed by atoms with van der Waals surface area (Å²) in [6, 6.07) is 1.16. The summed E-state index contributed by atoms with van der Waals surface area (Å²) in [5, 5.41) is 73.7. The van der Waals surface area contributed by atoms with Gasteiger partial charge in [0.1, 0.15) is 24.0 Å². The van der Waals surface area contributed by atoms with Gasteiger partial charge in [-0.15, -0.1) is 0 Å². The molecule has 0 radical (unpaired) electrons. The number of amides is 1. The Morgan fingerprint density at radius 3 is 2.55 bits per heavy atom. The van der Waals surface area contributed by atoms with Crippen LogP contribution in [0.5, 0.6) is 11.5 Å². The number of ether oxygens (including phenoxy) is 3. The summed E-state index contributed by atoms with van der Waals surface area (Å²) < 4.78 is 16.5. The molecule has 2 aliphatic carbocycles. The second kappa shape index (κ2) is 11.3. The van der Waals surface area contributed by atoms with Crippen LogP contribution in [-0.4, -0.2) is 126 Å². The van der Waals surface area contributed by atoms with Crippen molar-refractivity contribution in [1.82, 2.24) is 10.2 Å². The molecular weight excluding hydrogens is 588 g/mol. The fourth-order valence-corrected chi connectivity index (χ4v) is 6.92. The van der Waals surface area contributed by atoms with Gasteiger partial charge in [-0.25, -0.2) is 9.59 Å². The number of nitrogens with one attached hydrogen (secondary N) is 1. The molecule has 1 amide bonds. The van der Waals surface area contributed by atoms with E-state index in [1.165, 1.54) is 12.1 Å². The first-order valence-corrected chi connectivity index (χ1v) is 13.9. The minimum atomic E-state index is -2.40. The van der Waals surface area contributed by atoms with Crippen molar-refractivity contribution < 1.29 is 69.1 Å². The Bertz CT molecular complexity index is 1410. The third-order valence-corrected chi connectivity index (χ3v) is 9.14. The molecule has 240 valence electrons. The van der Waals surface area contributed by atoms with Crippen LogP contribution in [0.3, 0.4) is 0 Å². The maximum atomic E-state index is 13.0. The van der Waals surface area contributed by atoms with Crippen molar-refractivity contribution in [2.45, 2.75) is 86.4 Å². The van der Waals surface area contributed by atoms with Crippen molar-refractivity contribution in [2.24, 2.45) is 0 Å². The number of piperidine rings is 1. The van der Waals surface area contributed by atoms with Crippen LogP contribution >= 0.6 is 0 Å². The molecule has 8 N–H and O–H groups in total.